The molecule has 0 heterocycles. The van der Waals surface area contributed by atoms with E-state index >= 15 is 0 Å². The number of aliphatic hydroxyl groups is 2. The molecule has 5 heteroatoms. The quantitative estimate of drug-likeness (QED) is 0.752. The molecule has 20 heavy (non-hydrogen) atoms. The summed E-state index contributed by atoms with van der Waals surface area (Å²) in [5, 5.41) is 22.0. The summed E-state index contributed by atoms with van der Waals surface area (Å²) in [6.45, 7) is 1.96. The van der Waals surface area contributed by atoms with E-state index in [9.17, 15) is 15.0 Å². The Morgan fingerprint density at radius 1 is 1.40 bits per heavy atom. The monoisotopic (exact) mass is 279 g/mol. The molecular weight excluding hydrogens is 258 g/mol. The molecule has 3 N–H and O–H groups in total. The van der Waals surface area contributed by atoms with Crippen LogP contribution in [0.15, 0.2) is 18.2 Å². The average Bonchev–Trinajstić information content (AvgIpc) is 2.71. The fourth-order valence-corrected chi connectivity index (χ4v) is 2.59. The van der Waals surface area contributed by atoms with Crippen molar-refractivity contribution in [1.82, 2.24) is 5.32 Å². The van der Waals surface area contributed by atoms with Crippen LogP contribution in [0.4, 0.5) is 0 Å². The van der Waals surface area contributed by atoms with E-state index in [1.807, 2.05) is 25.1 Å². The maximum atomic E-state index is 12.0. The second-order valence-corrected chi connectivity index (χ2v) is 5.30. The van der Waals surface area contributed by atoms with Crippen LogP contribution >= 0.6 is 0 Å². The van der Waals surface area contributed by atoms with Gasteiger partial charge in [0.05, 0.1) is 31.8 Å². The molecule has 1 amide bonds. The molecule has 3 atom stereocenters. The van der Waals surface area contributed by atoms with Gasteiger partial charge in [0.1, 0.15) is 5.75 Å². The van der Waals surface area contributed by atoms with Crippen molar-refractivity contribution in [2.75, 3.05) is 7.11 Å². The first-order chi connectivity index (χ1) is 9.51. The van der Waals surface area contributed by atoms with Crippen LogP contribution in [0.1, 0.15) is 24.0 Å². The molecule has 0 radical (unpaired) electrons. The van der Waals surface area contributed by atoms with Gasteiger partial charge >= 0.3 is 0 Å². The van der Waals surface area contributed by atoms with Gasteiger partial charge in [-0.2, -0.15) is 0 Å². The number of carbonyl (C=O) groups is 1. The van der Waals surface area contributed by atoms with Gasteiger partial charge in [0.15, 0.2) is 0 Å². The van der Waals surface area contributed by atoms with Crippen LogP contribution < -0.4 is 10.1 Å². The Hall–Kier alpha value is -1.59. The number of nitrogens with one attached hydrogen (secondary N) is 1. The van der Waals surface area contributed by atoms with Crippen molar-refractivity contribution in [3.05, 3.63) is 29.3 Å². The number of amides is 1. The number of aliphatic hydroxyl groups excluding tert-OH is 2. The number of benzene rings is 1. The Bertz CT molecular complexity index is 489. The van der Waals surface area contributed by atoms with Crippen LogP contribution in [0.3, 0.4) is 0 Å². The first-order valence-electron chi connectivity index (χ1n) is 6.80. The van der Waals surface area contributed by atoms with Crippen molar-refractivity contribution < 1.29 is 19.7 Å². The lowest BCUT2D eigenvalue weighted by atomic mass is 10.1. The number of ether oxygens (including phenoxy) is 1. The van der Waals surface area contributed by atoms with Crippen LogP contribution in [-0.4, -0.2) is 41.5 Å². The number of hydrogen-bond acceptors (Lipinski definition) is 4. The summed E-state index contributed by atoms with van der Waals surface area (Å²) in [6, 6.07) is 5.32. The van der Waals surface area contributed by atoms with E-state index in [4.69, 9.17) is 4.74 Å². The summed E-state index contributed by atoms with van der Waals surface area (Å²) in [4.78, 5) is 12.0. The summed E-state index contributed by atoms with van der Waals surface area (Å²) in [5.41, 5.74) is 1.88. The largest absolute Gasteiger partial charge is 0.496 e. The molecular formula is C15H21NO4. The Labute approximate surface area is 118 Å². The maximum Gasteiger partial charge on any atom is 0.224 e. The van der Waals surface area contributed by atoms with E-state index in [0.29, 0.717) is 18.6 Å². The number of methoxy groups -OCH3 is 1. The fourth-order valence-electron chi connectivity index (χ4n) is 2.59. The van der Waals surface area contributed by atoms with E-state index in [-0.39, 0.29) is 18.4 Å². The van der Waals surface area contributed by atoms with Crippen molar-refractivity contribution in [3.8, 4) is 5.75 Å². The smallest absolute Gasteiger partial charge is 0.224 e. The van der Waals surface area contributed by atoms with Crippen LogP contribution in [-0.2, 0) is 11.2 Å². The predicted octanol–water partition coefficient (Wildman–Crippen LogP) is 0.547. The molecule has 1 aliphatic carbocycles. The number of carbonyl (C=O) groups excluding carboxylic acids is 1. The van der Waals surface area contributed by atoms with E-state index in [1.54, 1.807) is 7.11 Å². The summed E-state index contributed by atoms with van der Waals surface area (Å²) in [6.07, 6.45) is -0.310. The molecule has 5 nitrogen and oxygen atoms in total. The molecule has 1 aromatic rings. The van der Waals surface area contributed by atoms with Gasteiger partial charge in [0, 0.05) is 5.56 Å². The standard InChI is InChI=1S/C15H21NO4/c1-9-3-6-13(20-2)10(7-9)8-14(18)16-11-4-5-12(17)15(11)19/h3,6-7,11-12,15,17,19H,4-5,8H2,1-2H3,(H,16,18)/t11-,12-,15-/m1/s1. The van der Waals surface area contributed by atoms with Gasteiger partial charge in [0.2, 0.25) is 5.91 Å². The van der Waals surface area contributed by atoms with Crippen LogP contribution in [0.2, 0.25) is 0 Å². The number of aryl methyl sites for hydroxylation is 1. The molecule has 110 valence electrons. The topological polar surface area (TPSA) is 78.8 Å². The van der Waals surface area contributed by atoms with E-state index < -0.39 is 12.2 Å². The maximum absolute atomic E-state index is 12.0. The van der Waals surface area contributed by atoms with Crippen molar-refractivity contribution >= 4 is 5.91 Å². The van der Waals surface area contributed by atoms with E-state index in [2.05, 4.69) is 5.32 Å². The lowest BCUT2D eigenvalue weighted by Crippen LogP contribution is -2.43. The van der Waals surface area contributed by atoms with Gasteiger partial charge < -0.3 is 20.3 Å². The Kier molecular flexibility index (Phi) is 4.62. The van der Waals surface area contributed by atoms with Gasteiger partial charge in [-0.3, -0.25) is 4.79 Å². The van der Waals surface area contributed by atoms with Crippen molar-refractivity contribution in [3.63, 3.8) is 0 Å². The Balaban J connectivity index is 2.00. The minimum atomic E-state index is -0.877. The van der Waals surface area contributed by atoms with Crippen molar-refractivity contribution in [2.24, 2.45) is 0 Å². The second kappa shape index (κ2) is 6.24. The zero-order valence-electron chi connectivity index (χ0n) is 11.8. The molecule has 0 saturated heterocycles. The molecule has 2 rings (SSSR count). The average molecular weight is 279 g/mol. The zero-order valence-corrected chi connectivity index (χ0v) is 11.8. The third-order valence-electron chi connectivity index (χ3n) is 3.71. The molecule has 0 bridgehead atoms. The first kappa shape index (κ1) is 14.8. The lowest BCUT2D eigenvalue weighted by molar-refractivity contribution is -0.122. The van der Waals surface area contributed by atoms with Crippen LogP contribution in [0.5, 0.6) is 5.75 Å². The molecule has 0 unspecified atom stereocenters. The summed E-state index contributed by atoms with van der Waals surface area (Å²) in [7, 11) is 1.57. The minimum Gasteiger partial charge on any atom is -0.496 e. The van der Waals surface area contributed by atoms with Gasteiger partial charge in [-0.1, -0.05) is 17.7 Å². The highest BCUT2D eigenvalue weighted by Crippen LogP contribution is 2.22. The third-order valence-corrected chi connectivity index (χ3v) is 3.71. The summed E-state index contributed by atoms with van der Waals surface area (Å²) >= 11 is 0. The molecule has 1 aromatic carbocycles. The van der Waals surface area contributed by atoms with Crippen LogP contribution in [0.25, 0.3) is 0 Å². The highest BCUT2D eigenvalue weighted by Gasteiger charge is 2.34. The molecule has 1 aliphatic rings. The normalized spacial score (nSPS) is 25.5. The molecule has 0 spiro atoms. The van der Waals surface area contributed by atoms with E-state index in [1.165, 1.54) is 0 Å². The van der Waals surface area contributed by atoms with Gasteiger partial charge in [-0.25, -0.2) is 0 Å². The third kappa shape index (κ3) is 3.29. The van der Waals surface area contributed by atoms with Gasteiger partial charge in [0.25, 0.3) is 0 Å². The fraction of sp³-hybridized carbons (Fsp3) is 0.533. The van der Waals surface area contributed by atoms with Crippen LogP contribution in [0, 0.1) is 6.92 Å². The molecule has 1 fully saturated rings. The molecule has 0 aromatic heterocycles. The lowest BCUT2D eigenvalue weighted by Gasteiger charge is -2.18. The molecule has 0 aliphatic heterocycles. The van der Waals surface area contributed by atoms with Crippen molar-refractivity contribution in [2.45, 2.75) is 44.4 Å². The van der Waals surface area contributed by atoms with E-state index in [0.717, 1.165) is 11.1 Å². The Morgan fingerprint density at radius 3 is 2.75 bits per heavy atom. The summed E-state index contributed by atoms with van der Waals surface area (Å²) in [5.74, 6) is 0.504. The number of rotatable bonds is 4. The second-order valence-electron chi connectivity index (χ2n) is 5.30. The van der Waals surface area contributed by atoms with Gasteiger partial charge in [-0.15, -0.1) is 0 Å². The number of hydrogen-bond donors (Lipinski definition) is 3. The van der Waals surface area contributed by atoms with Gasteiger partial charge in [-0.05, 0) is 25.8 Å². The highest BCUT2D eigenvalue weighted by molar-refractivity contribution is 5.79. The zero-order chi connectivity index (χ0) is 14.7. The van der Waals surface area contributed by atoms with Crippen molar-refractivity contribution in [1.29, 1.82) is 0 Å². The Morgan fingerprint density at radius 2 is 2.15 bits per heavy atom. The highest BCUT2D eigenvalue weighted by atomic mass is 16.5. The first-order valence-corrected chi connectivity index (χ1v) is 6.80. The molecule has 1 saturated carbocycles. The SMILES string of the molecule is COc1ccc(C)cc1CC(=O)N[C@@H]1CC[C@@H](O)[C@@H]1O. The summed E-state index contributed by atoms with van der Waals surface area (Å²) < 4.78 is 5.24. The minimum absolute atomic E-state index is 0.174. The predicted molar refractivity (Wildman–Crippen MR) is 74.6 cm³/mol.